The van der Waals surface area contributed by atoms with E-state index in [-0.39, 0.29) is 38.3 Å². The number of ether oxygens (including phenoxy) is 3. The number of para-hydroxylation sites is 1. The van der Waals surface area contributed by atoms with Crippen molar-refractivity contribution in [2.75, 3.05) is 32.3 Å². The number of anilines is 1. The number of carbonyl (C=O) groups excluding carboxylic acids is 1. The Morgan fingerprint density at radius 2 is 1.93 bits per heavy atom. The zero-order valence-electron chi connectivity index (χ0n) is 24.1. The third-order valence-electron chi connectivity index (χ3n) is 7.06. The predicted molar refractivity (Wildman–Crippen MR) is 154 cm³/mol. The molecule has 1 amide bonds. The number of carbonyl (C=O) groups is 2. The minimum atomic E-state index is -0.930. The van der Waals surface area contributed by atoms with Gasteiger partial charge in [-0.2, -0.15) is 4.98 Å². The molecule has 0 bridgehead atoms. The smallest absolute Gasteiger partial charge is 0.303 e. The van der Waals surface area contributed by atoms with Gasteiger partial charge in [0.05, 0.1) is 14.2 Å². The summed E-state index contributed by atoms with van der Waals surface area (Å²) in [6, 6.07) is 10.7. The fourth-order valence-corrected chi connectivity index (χ4v) is 5.09. The van der Waals surface area contributed by atoms with Crippen LogP contribution in [0.3, 0.4) is 0 Å². The third kappa shape index (κ3) is 7.21. The normalized spacial score (nSPS) is 17.1. The summed E-state index contributed by atoms with van der Waals surface area (Å²) in [4.78, 5) is 31.0. The molecule has 0 saturated carbocycles. The van der Waals surface area contributed by atoms with E-state index < -0.39 is 23.6 Å². The molecule has 3 aromatic rings. The maximum Gasteiger partial charge on any atom is 0.303 e. The molecule has 1 aliphatic heterocycles. The molecule has 1 aliphatic rings. The number of methoxy groups -OCH3 is 2. The summed E-state index contributed by atoms with van der Waals surface area (Å²) >= 11 is 6.48. The lowest BCUT2D eigenvalue weighted by Gasteiger charge is -2.32. The first-order chi connectivity index (χ1) is 20.1. The average molecular weight is 602 g/mol. The Bertz CT molecular complexity index is 1410. The molecule has 1 aromatic heterocycles. The highest BCUT2D eigenvalue weighted by molar-refractivity contribution is 6.30. The van der Waals surface area contributed by atoms with Crippen LogP contribution in [0.2, 0.25) is 5.02 Å². The van der Waals surface area contributed by atoms with Crippen molar-refractivity contribution in [1.29, 1.82) is 0 Å². The minimum absolute atomic E-state index is 0.00184. The van der Waals surface area contributed by atoms with Crippen LogP contribution in [0.4, 0.5) is 5.69 Å². The van der Waals surface area contributed by atoms with Gasteiger partial charge >= 0.3 is 5.97 Å². The van der Waals surface area contributed by atoms with Crippen molar-refractivity contribution in [2.24, 2.45) is 5.41 Å². The van der Waals surface area contributed by atoms with E-state index in [1.54, 1.807) is 43.4 Å². The van der Waals surface area contributed by atoms with Crippen LogP contribution < -0.4 is 14.4 Å². The largest absolute Gasteiger partial charge is 0.493 e. The monoisotopic (exact) mass is 601 g/mol. The number of aryl methyl sites for hydroxylation is 2. The third-order valence-corrected chi connectivity index (χ3v) is 7.29. The predicted octanol–water partition coefficient (Wildman–Crippen LogP) is 4.62. The molecule has 0 fully saturated rings. The molecule has 0 radical (unpaired) electrons. The number of aliphatic carboxylic acids is 1. The van der Waals surface area contributed by atoms with Crippen LogP contribution in [0.5, 0.6) is 11.5 Å². The molecular weight excluding hydrogens is 566 g/mol. The van der Waals surface area contributed by atoms with Crippen LogP contribution in [0.25, 0.3) is 0 Å². The molecule has 0 saturated heterocycles. The Hall–Kier alpha value is -3.67. The molecule has 2 heterocycles. The van der Waals surface area contributed by atoms with Crippen molar-refractivity contribution in [1.82, 2.24) is 10.1 Å². The highest BCUT2D eigenvalue weighted by Crippen LogP contribution is 2.45. The fourth-order valence-electron chi connectivity index (χ4n) is 4.91. The van der Waals surface area contributed by atoms with Crippen molar-refractivity contribution < 1.29 is 38.5 Å². The van der Waals surface area contributed by atoms with Gasteiger partial charge in [-0.05, 0) is 37.1 Å². The SMILES string of the molecule is COc1cccc(C2OC(CCc3noc(CCCC(=O)O)n3)C(=O)N(CC(C)(C)CO)c3ccc(Cl)cc32)c1OC. The first kappa shape index (κ1) is 31.3. The summed E-state index contributed by atoms with van der Waals surface area (Å²) in [5.41, 5.74) is 1.33. The summed E-state index contributed by atoms with van der Waals surface area (Å²) in [5.74, 6) is 0.531. The molecule has 226 valence electrons. The van der Waals surface area contributed by atoms with Crippen molar-refractivity contribution in [3.8, 4) is 11.5 Å². The molecule has 0 aliphatic carbocycles. The second-order valence-corrected chi connectivity index (χ2v) is 11.4. The number of aliphatic hydroxyl groups excluding tert-OH is 1. The minimum Gasteiger partial charge on any atom is -0.493 e. The van der Waals surface area contributed by atoms with E-state index in [1.807, 2.05) is 26.0 Å². The van der Waals surface area contributed by atoms with Gasteiger partial charge < -0.3 is 33.8 Å². The molecular formula is C30H36ClN3O8. The Morgan fingerprint density at radius 1 is 1.14 bits per heavy atom. The highest BCUT2D eigenvalue weighted by Gasteiger charge is 2.40. The van der Waals surface area contributed by atoms with Gasteiger partial charge in [0.15, 0.2) is 17.3 Å². The summed E-state index contributed by atoms with van der Waals surface area (Å²) < 4.78 is 23.2. The molecule has 11 nitrogen and oxygen atoms in total. The van der Waals surface area contributed by atoms with Gasteiger partial charge in [0, 0.05) is 59.7 Å². The number of halogens is 1. The van der Waals surface area contributed by atoms with Gasteiger partial charge in [-0.1, -0.05) is 42.7 Å². The molecule has 12 heteroatoms. The number of hydrogen-bond acceptors (Lipinski definition) is 9. The maximum atomic E-state index is 14.2. The van der Waals surface area contributed by atoms with Crippen LogP contribution in [-0.4, -0.2) is 65.7 Å². The molecule has 2 unspecified atom stereocenters. The number of carboxylic acids is 1. The van der Waals surface area contributed by atoms with Crippen molar-refractivity contribution in [3.05, 3.63) is 64.3 Å². The molecule has 4 rings (SSSR count). The first-order valence-electron chi connectivity index (χ1n) is 13.7. The van der Waals surface area contributed by atoms with E-state index >= 15 is 0 Å². The Kier molecular flexibility index (Phi) is 10.1. The second-order valence-electron chi connectivity index (χ2n) is 10.9. The molecule has 42 heavy (non-hydrogen) atoms. The number of fused-ring (bicyclic) bond motifs is 1. The van der Waals surface area contributed by atoms with E-state index in [0.29, 0.717) is 57.9 Å². The summed E-state index contributed by atoms with van der Waals surface area (Å²) in [7, 11) is 3.09. The number of rotatable bonds is 13. The number of amides is 1. The summed E-state index contributed by atoms with van der Waals surface area (Å²) in [5, 5.41) is 23.4. The van der Waals surface area contributed by atoms with Crippen molar-refractivity contribution in [2.45, 2.75) is 58.2 Å². The van der Waals surface area contributed by atoms with Gasteiger partial charge in [0.2, 0.25) is 5.89 Å². The van der Waals surface area contributed by atoms with Crippen molar-refractivity contribution >= 4 is 29.2 Å². The second kappa shape index (κ2) is 13.5. The van der Waals surface area contributed by atoms with E-state index in [9.17, 15) is 14.7 Å². The Morgan fingerprint density at radius 3 is 2.62 bits per heavy atom. The summed E-state index contributed by atoms with van der Waals surface area (Å²) in [6.07, 6.45) is -0.459. The quantitative estimate of drug-likeness (QED) is 0.285. The van der Waals surface area contributed by atoms with Gasteiger partial charge in [-0.15, -0.1) is 0 Å². The maximum absolute atomic E-state index is 14.2. The number of nitrogens with zero attached hydrogens (tertiary/aromatic N) is 3. The highest BCUT2D eigenvalue weighted by atomic mass is 35.5. The van der Waals surface area contributed by atoms with Crippen LogP contribution in [0, 0.1) is 5.41 Å². The first-order valence-corrected chi connectivity index (χ1v) is 14.1. The molecule has 0 spiro atoms. The van der Waals surface area contributed by atoms with Gasteiger partial charge in [-0.25, -0.2) is 0 Å². The lowest BCUT2D eigenvalue weighted by molar-refractivity contribution is -0.137. The molecule has 2 N–H and O–H groups in total. The topological polar surface area (TPSA) is 144 Å². The van der Waals surface area contributed by atoms with E-state index in [1.165, 1.54) is 0 Å². The number of carboxylic acid groups (broad SMARTS) is 1. The summed E-state index contributed by atoms with van der Waals surface area (Å²) in [6.45, 7) is 3.86. The zero-order chi connectivity index (χ0) is 30.4. The van der Waals surface area contributed by atoms with Crippen molar-refractivity contribution in [3.63, 3.8) is 0 Å². The number of aromatic nitrogens is 2. The van der Waals surface area contributed by atoms with Gasteiger partial charge in [0.1, 0.15) is 12.2 Å². The zero-order valence-corrected chi connectivity index (χ0v) is 24.9. The van der Waals surface area contributed by atoms with Crippen LogP contribution in [-0.2, 0) is 27.2 Å². The Labute approximate surface area is 249 Å². The van der Waals surface area contributed by atoms with Crippen LogP contribution >= 0.6 is 11.6 Å². The number of benzene rings is 2. The van der Waals surface area contributed by atoms with Crippen LogP contribution in [0.1, 0.15) is 62.1 Å². The average Bonchev–Trinajstić information content (AvgIpc) is 3.39. The lowest BCUT2D eigenvalue weighted by atomic mass is 9.92. The van der Waals surface area contributed by atoms with Crippen LogP contribution in [0.15, 0.2) is 40.9 Å². The molecule has 2 aromatic carbocycles. The fraction of sp³-hybridized carbons (Fsp3) is 0.467. The van der Waals surface area contributed by atoms with E-state index in [4.69, 9.17) is 35.4 Å². The Balaban J connectivity index is 1.72. The lowest BCUT2D eigenvalue weighted by Crippen LogP contribution is -2.45. The number of aliphatic hydroxyl groups is 1. The van der Waals surface area contributed by atoms with E-state index in [2.05, 4.69) is 10.1 Å². The van der Waals surface area contributed by atoms with E-state index in [0.717, 1.165) is 0 Å². The molecule has 2 atom stereocenters. The van der Waals surface area contributed by atoms with Gasteiger partial charge in [-0.3, -0.25) is 9.59 Å². The van der Waals surface area contributed by atoms with Gasteiger partial charge in [0.25, 0.3) is 5.91 Å². The number of hydrogen-bond donors (Lipinski definition) is 2. The standard InChI is InChI=1S/C30H36ClN3O8/c1-30(2,17-35)16-34-21-12-11-18(31)15-20(21)27(19-7-5-8-22(39-3)28(19)40-4)41-23(29(34)38)13-14-24-32-25(42-33-24)9-6-10-26(36)37/h5,7-8,11-12,15,23,27,35H,6,9-10,13-14,16-17H2,1-4H3,(H,36,37).